The summed E-state index contributed by atoms with van der Waals surface area (Å²) in [6, 6.07) is 5.79. The summed E-state index contributed by atoms with van der Waals surface area (Å²) in [7, 11) is 0. The summed E-state index contributed by atoms with van der Waals surface area (Å²) in [4.78, 5) is 0. The average molecular weight is 184 g/mol. The van der Waals surface area contributed by atoms with Gasteiger partial charge in [0.2, 0.25) is 0 Å². The van der Waals surface area contributed by atoms with Gasteiger partial charge in [-0.1, -0.05) is 6.07 Å². The average Bonchev–Trinajstić information content (AvgIpc) is 2.14. The third-order valence-corrected chi connectivity index (χ3v) is 1.63. The Hall–Kier alpha value is -1.13. The maximum absolute atomic E-state index is 12.7. The van der Waals surface area contributed by atoms with E-state index in [1.54, 1.807) is 12.1 Å². The standard InChI is InChI=1S/C9H13FN2O/c10-7-2-1-3-9(4-7)12-5-8(11)6-13/h1-4,8,12-13H,5-6,11H2. The minimum Gasteiger partial charge on any atom is -0.395 e. The molecular formula is C9H13FN2O. The predicted molar refractivity (Wildman–Crippen MR) is 50.0 cm³/mol. The van der Waals surface area contributed by atoms with E-state index < -0.39 is 0 Å². The van der Waals surface area contributed by atoms with E-state index in [1.807, 2.05) is 0 Å². The van der Waals surface area contributed by atoms with Gasteiger partial charge in [-0.3, -0.25) is 0 Å². The van der Waals surface area contributed by atoms with Crippen molar-refractivity contribution in [3.05, 3.63) is 30.1 Å². The van der Waals surface area contributed by atoms with Gasteiger partial charge in [-0.15, -0.1) is 0 Å². The maximum Gasteiger partial charge on any atom is 0.125 e. The number of aliphatic hydroxyl groups is 1. The monoisotopic (exact) mass is 184 g/mol. The van der Waals surface area contributed by atoms with Crippen molar-refractivity contribution in [3.63, 3.8) is 0 Å². The fourth-order valence-corrected chi connectivity index (χ4v) is 0.912. The fraction of sp³-hybridized carbons (Fsp3) is 0.333. The summed E-state index contributed by atoms with van der Waals surface area (Å²) in [6.07, 6.45) is 0. The van der Waals surface area contributed by atoms with Crippen LogP contribution in [0.25, 0.3) is 0 Å². The van der Waals surface area contributed by atoms with Crippen LogP contribution < -0.4 is 11.1 Å². The zero-order valence-electron chi connectivity index (χ0n) is 7.20. The van der Waals surface area contributed by atoms with Crippen molar-refractivity contribution in [1.29, 1.82) is 0 Å². The molecule has 0 aliphatic rings. The van der Waals surface area contributed by atoms with Gasteiger partial charge >= 0.3 is 0 Å². The first-order chi connectivity index (χ1) is 6.22. The van der Waals surface area contributed by atoms with Gasteiger partial charge in [0.05, 0.1) is 6.61 Å². The molecule has 72 valence electrons. The Balaban J connectivity index is 2.45. The summed E-state index contributed by atoms with van der Waals surface area (Å²) < 4.78 is 12.7. The predicted octanol–water partition coefficient (Wildman–Crippen LogP) is 0.557. The first-order valence-electron chi connectivity index (χ1n) is 4.08. The molecule has 0 heterocycles. The van der Waals surface area contributed by atoms with E-state index in [0.717, 1.165) is 0 Å². The second kappa shape index (κ2) is 4.79. The van der Waals surface area contributed by atoms with Gasteiger partial charge in [0.1, 0.15) is 5.82 Å². The van der Waals surface area contributed by atoms with Crippen LogP contribution >= 0.6 is 0 Å². The number of halogens is 1. The van der Waals surface area contributed by atoms with Crippen molar-refractivity contribution in [3.8, 4) is 0 Å². The van der Waals surface area contributed by atoms with Gasteiger partial charge in [-0.25, -0.2) is 4.39 Å². The summed E-state index contributed by atoms with van der Waals surface area (Å²) in [5, 5.41) is 11.5. The Morgan fingerprint density at radius 1 is 1.54 bits per heavy atom. The molecule has 3 nitrogen and oxygen atoms in total. The molecule has 0 aromatic heterocycles. The number of rotatable bonds is 4. The zero-order valence-corrected chi connectivity index (χ0v) is 7.20. The Morgan fingerprint density at radius 3 is 2.92 bits per heavy atom. The summed E-state index contributed by atoms with van der Waals surface area (Å²) >= 11 is 0. The lowest BCUT2D eigenvalue weighted by Crippen LogP contribution is -2.32. The molecule has 13 heavy (non-hydrogen) atoms. The van der Waals surface area contributed by atoms with Crippen molar-refractivity contribution in [2.75, 3.05) is 18.5 Å². The van der Waals surface area contributed by atoms with Gasteiger partial charge in [0.15, 0.2) is 0 Å². The second-order valence-electron chi connectivity index (χ2n) is 2.83. The SMILES string of the molecule is NC(CO)CNc1cccc(F)c1. The van der Waals surface area contributed by atoms with E-state index in [0.29, 0.717) is 12.2 Å². The minimum absolute atomic E-state index is 0.0810. The molecule has 1 atom stereocenters. The van der Waals surface area contributed by atoms with Crippen LogP contribution in [0.4, 0.5) is 10.1 Å². The molecule has 0 saturated heterocycles. The third kappa shape index (κ3) is 3.40. The summed E-state index contributed by atoms with van der Waals surface area (Å²) in [6.45, 7) is 0.349. The molecule has 0 bridgehead atoms. The highest BCUT2D eigenvalue weighted by Gasteiger charge is 1.99. The molecule has 0 aliphatic heterocycles. The summed E-state index contributed by atoms with van der Waals surface area (Å²) in [5.41, 5.74) is 6.12. The van der Waals surface area contributed by atoms with E-state index in [-0.39, 0.29) is 18.5 Å². The van der Waals surface area contributed by atoms with Crippen molar-refractivity contribution in [2.45, 2.75) is 6.04 Å². The molecule has 0 radical (unpaired) electrons. The zero-order chi connectivity index (χ0) is 9.68. The van der Waals surface area contributed by atoms with Crippen LogP contribution in [-0.2, 0) is 0 Å². The number of hydrogen-bond acceptors (Lipinski definition) is 3. The molecular weight excluding hydrogens is 171 g/mol. The summed E-state index contributed by atoms with van der Waals surface area (Å²) in [5.74, 6) is -0.289. The number of nitrogens with one attached hydrogen (secondary N) is 1. The molecule has 1 aromatic carbocycles. The van der Waals surface area contributed by atoms with Crippen molar-refractivity contribution < 1.29 is 9.50 Å². The van der Waals surface area contributed by atoms with Crippen LogP contribution in [0.5, 0.6) is 0 Å². The molecule has 0 aliphatic carbocycles. The first kappa shape index (κ1) is 9.95. The van der Waals surface area contributed by atoms with Gasteiger partial charge in [-0.05, 0) is 18.2 Å². The molecule has 1 aromatic rings. The molecule has 0 fully saturated rings. The van der Waals surface area contributed by atoms with Gasteiger partial charge < -0.3 is 16.2 Å². The molecule has 4 N–H and O–H groups in total. The lowest BCUT2D eigenvalue weighted by atomic mass is 10.3. The highest BCUT2D eigenvalue weighted by molar-refractivity contribution is 5.43. The smallest absolute Gasteiger partial charge is 0.125 e. The van der Waals surface area contributed by atoms with E-state index in [1.165, 1.54) is 12.1 Å². The molecule has 0 spiro atoms. The molecule has 4 heteroatoms. The number of nitrogens with two attached hydrogens (primary N) is 1. The highest BCUT2D eigenvalue weighted by atomic mass is 19.1. The van der Waals surface area contributed by atoms with E-state index in [2.05, 4.69) is 5.32 Å². The van der Waals surface area contributed by atoms with E-state index in [4.69, 9.17) is 10.8 Å². The molecule has 1 rings (SSSR count). The van der Waals surface area contributed by atoms with Crippen LogP contribution in [0.1, 0.15) is 0 Å². The molecule has 1 unspecified atom stereocenters. The number of hydrogen-bond donors (Lipinski definition) is 3. The van der Waals surface area contributed by atoms with Crippen LogP contribution in [0.15, 0.2) is 24.3 Å². The second-order valence-corrected chi connectivity index (χ2v) is 2.83. The molecule has 0 saturated carbocycles. The van der Waals surface area contributed by atoms with E-state index >= 15 is 0 Å². The Kier molecular flexibility index (Phi) is 3.67. The lowest BCUT2D eigenvalue weighted by molar-refractivity contribution is 0.270. The van der Waals surface area contributed by atoms with Crippen molar-refractivity contribution >= 4 is 5.69 Å². The van der Waals surface area contributed by atoms with E-state index in [9.17, 15) is 4.39 Å². The Morgan fingerprint density at radius 2 is 2.31 bits per heavy atom. The highest BCUT2D eigenvalue weighted by Crippen LogP contribution is 2.08. The fourth-order valence-electron chi connectivity index (χ4n) is 0.912. The topological polar surface area (TPSA) is 58.3 Å². The molecule has 0 amide bonds. The normalized spacial score (nSPS) is 12.5. The third-order valence-electron chi connectivity index (χ3n) is 1.63. The van der Waals surface area contributed by atoms with Crippen molar-refractivity contribution in [1.82, 2.24) is 0 Å². The lowest BCUT2D eigenvalue weighted by Gasteiger charge is -2.10. The van der Waals surface area contributed by atoms with Gasteiger partial charge in [0.25, 0.3) is 0 Å². The van der Waals surface area contributed by atoms with Crippen molar-refractivity contribution in [2.24, 2.45) is 5.73 Å². The maximum atomic E-state index is 12.7. The van der Waals surface area contributed by atoms with Gasteiger partial charge in [-0.2, -0.15) is 0 Å². The Bertz CT molecular complexity index is 268. The number of benzene rings is 1. The van der Waals surface area contributed by atoms with Gasteiger partial charge in [0, 0.05) is 18.3 Å². The van der Waals surface area contributed by atoms with Crippen LogP contribution in [0.2, 0.25) is 0 Å². The minimum atomic E-state index is -0.316. The number of anilines is 1. The van der Waals surface area contributed by atoms with Crippen LogP contribution in [0, 0.1) is 5.82 Å². The van der Waals surface area contributed by atoms with Crippen LogP contribution in [-0.4, -0.2) is 24.3 Å². The Labute approximate surface area is 76.4 Å². The van der Waals surface area contributed by atoms with Crippen LogP contribution in [0.3, 0.4) is 0 Å². The quantitative estimate of drug-likeness (QED) is 0.640. The first-order valence-corrected chi connectivity index (χ1v) is 4.08. The largest absolute Gasteiger partial charge is 0.395 e. The number of aliphatic hydroxyl groups excluding tert-OH is 1.